The second kappa shape index (κ2) is 7.67. The third-order valence-corrected chi connectivity index (χ3v) is 6.36. The maximum Gasteiger partial charge on any atom is 0.201 e. The number of hydrogen-bond acceptors (Lipinski definition) is 5. The molecule has 0 aliphatic heterocycles. The van der Waals surface area contributed by atoms with Crippen LogP contribution in [0.3, 0.4) is 0 Å². The number of nitrogens with two attached hydrogens (primary N) is 1. The lowest BCUT2D eigenvalue weighted by Gasteiger charge is -2.38. The van der Waals surface area contributed by atoms with Gasteiger partial charge in [-0.25, -0.2) is 0 Å². The Hall–Kier alpha value is -3.88. The number of hydrogen-bond donors (Lipinski definition) is 1. The molecule has 1 heterocycles. The molecule has 1 aromatic heterocycles. The molecule has 3 aromatic carbocycles. The number of rotatable bonds is 4. The number of nitrogens with zero attached hydrogens (tertiary/aromatic N) is 1. The number of methoxy groups -OCH3 is 1. The Kier molecular flexibility index (Phi) is 4.80. The van der Waals surface area contributed by atoms with Gasteiger partial charge in [-0.15, -0.1) is 0 Å². The molecule has 2 N–H and O–H groups in total. The highest BCUT2D eigenvalue weighted by molar-refractivity contribution is 5.90. The lowest BCUT2D eigenvalue weighted by molar-refractivity contribution is 0.253. The first kappa shape index (κ1) is 20.0. The van der Waals surface area contributed by atoms with E-state index in [1.807, 2.05) is 54.6 Å². The van der Waals surface area contributed by atoms with E-state index in [-0.39, 0.29) is 16.5 Å². The first-order chi connectivity index (χ1) is 15.5. The summed E-state index contributed by atoms with van der Waals surface area (Å²) < 4.78 is 11.6. The van der Waals surface area contributed by atoms with Gasteiger partial charge in [0.2, 0.25) is 5.43 Å². The van der Waals surface area contributed by atoms with Gasteiger partial charge in [-0.3, -0.25) is 4.79 Å². The fraction of sp³-hybridized carbons (Fsp3) is 0.185. The summed E-state index contributed by atoms with van der Waals surface area (Å²) in [6.07, 6.45) is 3.08. The molecule has 5 heteroatoms. The summed E-state index contributed by atoms with van der Waals surface area (Å²) in [6, 6.07) is 22.6. The topological polar surface area (TPSA) is 89.2 Å². The van der Waals surface area contributed by atoms with Gasteiger partial charge in [0.25, 0.3) is 0 Å². The predicted molar refractivity (Wildman–Crippen MR) is 124 cm³/mol. The number of fused-ring (bicyclic) bond motifs is 1. The van der Waals surface area contributed by atoms with Crippen LogP contribution in [0.4, 0.5) is 0 Å². The van der Waals surface area contributed by atoms with E-state index in [9.17, 15) is 10.1 Å². The average molecular weight is 422 g/mol. The second-order valence-electron chi connectivity index (χ2n) is 8.25. The first-order valence-corrected chi connectivity index (χ1v) is 10.6. The van der Waals surface area contributed by atoms with Crippen LogP contribution in [0, 0.1) is 11.3 Å². The molecule has 1 saturated carbocycles. The van der Waals surface area contributed by atoms with Crippen LogP contribution in [0.2, 0.25) is 0 Å². The molecule has 158 valence electrons. The van der Waals surface area contributed by atoms with Gasteiger partial charge in [0.1, 0.15) is 23.2 Å². The fourth-order valence-corrected chi connectivity index (χ4v) is 4.35. The molecule has 0 unspecified atom stereocenters. The highest BCUT2D eigenvalue weighted by atomic mass is 16.5. The van der Waals surface area contributed by atoms with E-state index >= 15 is 0 Å². The molecule has 5 nitrogen and oxygen atoms in total. The smallest absolute Gasteiger partial charge is 0.201 e. The van der Waals surface area contributed by atoms with Crippen molar-refractivity contribution >= 4 is 11.0 Å². The van der Waals surface area contributed by atoms with E-state index in [0.29, 0.717) is 28.0 Å². The van der Waals surface area contributed by atoms with Crippen molar-refractivity contribution in [1.29, 1.82) is 5.26 Å². The zero-order valence-corrected chi connectivity index (χ0v) is 17.7. The van der Waals surface area contributed by atoms with Crippen molar-refractivity contribution in [3.63, 3.8) is 0 Å². The normalized spacial score (nSPS) is 14.5. The Morgan fingerprint density at radius 3 is 2.34 bits per heavy atom. The van der Waals surface area contributed by atoms with Crippen LogP contribution in [0.5, 0.6) is 5.75 Å². The minimum absolute atomic E-state index is 0.192. The summed E-state index contributed by atoms with van der Waals surface area (Å²) in [4.78, 5) is 13.7. The van der Waals surface area contributed by atoms with Crippen LogP contribution in [0.1, 0.15) is 30.4 Å². The molecular formula is C27H22N2O3. The summed E-state index contributed by atoms with van der Waals surface area (Å²) in [5.41, 5.74) is 9.76. The van der Waals surface area contributed by atoms with E-state index in [1.54, 1.807) is 6.07 Å². The Bertz CT molecular complexity index is 1410. The van der Waals surface area contributed by atoms with Crippen LogP contribution in [-0.4, -0.2) is 7.11 Å². The van der Waals surface area contributed by atoms with Crippen molar-refractivity contribution in [1.82, 2.24) is 0 Å². The molecule has 1 aliphatic carbocycles. The zero-order valence-electron chi connectivity index (χ0n) is 17.7. The van der Waals surface area contributed by atoms with E-state index in [1.165, 1.54) is 13.2 Å². The van der Waals surface area contributed by atoms with Crippen molar-refractivity contribution in [3.8, 4) is 34.3 Å². The molecule has 5 rings (SSSR count). The van der Waals surface area contributed by atoms with Gasteiger partial charge < -0.3 is 14.9 Å². The summed E-state index contributed by atoms with van der Waals surface area (Å²) in [5.74, 6) is 0.849. The summed E-state index contributed by atoms with van der Waals surface area (Å²) >= 11 is 0. The number of nitriles is 1. The van der Waals surface area contributed by atoms with Crippen molar-refractivity contribution < 1.29 is 9.15 Å². The van der Waals surface area contributed by atoms with Crippen molar-refractivity contribution in [2.24, 2.45) is 5.73 Å². The third kappa shape index (κ3) is 3.17. The molecule has 0 saturated heterocycles. The van der Waals surface area contributed by atoms with Crippen LogP contribution in [0.15, 0.2) is 75.9 Å². The van der Waals surface area contributed by atoms with Gasteiger partial charge >= 0.3 is 0 Å². The van der Waals surface area contributed by atoms with Gasteiger partial charge in [-0.2, -0.15) is 5.26 Å². The summed E-state index contributed by atoms with van der Waals surface area (Å²) in [7, 11) is 1.49. The monoisotopic (exact) mass is 422 g/mol. The fourth-order valence-electron chi connectivity index (χ4n) is 4.35. The third-order valence-electron chi connectivity index (χ3n) is 6.36. The standard InChI is InChI=1S/C27H22N2O3/c1-31-22-15-23-21(14-19(22)16-28)25(30)24(26(32-23)18-6-3-2-4-7-18)17-8-10-20(11-9-17)27(29)12-5-13-27/h2-4,6-11,14-15H,5,12-13,29H2,1H3. The summed E-state index contributed by atoms with van der Waals surface area (Å²) in [6.45, 7) is 0. The molecule has 0 bridgehead atoms. The Labute approximate surface area is 185 Å². The average Bonchev–Trinajstić information content (AvgIpc) is 2.82. The number of benzene rings is 3. The minimum Gasteiger partial charge on any atom is -0.495 e. The van der Waals surface area contributed by atoms with Gasteiger partial charge in [0.05, 0.1) is 23.6 Å². The molecule has 0 spiro atoms. The minimum atomic E-state index is -0.271. The van der Waals surface area contributed by atoms with Crippen LogP contribution >= 0.6 is 0 Å². The Balaban J connectivity index is 1.77. The van der Waals surface area contributed by atoms with Crippen LogP contribution in [0.25, 0.3) is 33.4 Å². The molecule has 0 atom stereocenters. The molecule has 0 amide bonds. The van der Waals surface area contributed by atoms with Crippen LogP contribution in [-0.2, 0) is 5.54 Å². The van der Waals surface area contributed by atoms with Crippen molar-refractivity contribution in [2.45, 2.75) is 24.8 Å². The van der Waals surface area contributed by atoms with Crippen molar-refractivity contribution in [3.05, 3.63) is 88.1 Å². The molecule has 1 fully saturated rings. The zero-order chi connectivity index (χ0) is 22.3. The number of ether oxygens (including phenoxy) is 1. The molecule has 1 aliphatic rings. The molecule has 4 aromatic rings. The van der Waals surface area contributed by atoms with E-state index in [2.05, 4.69) is 6.07 Å². The highest BCUT2D eigenvalue weighted by Gasteiger charge is 2.34. The van der Waals surface area contributed by atoms with Gasteiger partial charge in [0.15, 0.2) is 0 Å². The van der Waals surface area contributed by atoms with Crippen molar-refractivity contribution in [2.75, 3.05) is 7.11 Å². The SMILES string of the molecule is COc1cc2oc(-c3ccccc3)c(-c3ccc(C4(N)CCC4)cc3)c(=O)c2cc1C#N. The van der Waals surface area contributed by atoms with Gasteiger partial charge in [-0.05, 0) is 36.5 Å². The van der Waals surface area contributed by atoms with Gasteiger partial charge in [0, 0.05) is 17.2 Å². The van der Waals surface area contributed by atoms with E-state index < -0.39 is 0 Å². The Morgan fingerprint density at radius 1 is 1.03 bits per heavy atom. The lowest BCUT2D eigenvalue weighted by Crippen LogP contribution is -2.43. The lowest BCUT2D eigenvalue weighted by atomic mass is 9.72. The molecule has 0 radical (unpaired) electrons. The molecule has 32 heavy (non-hydrogen) atoms. The highest BCUT2D eigenvalue weighted by Crippen LogP contribution is 2.40. The van der Waals surface area contributed by atoms with E-state index in [4.69, 9.17) is 14.9 Å². The summed E-state index contributed by atoms with van der Waals surface area (Å²) in [5, 5.41) is 9.82. The largest absolute Gasteiger partial charge is 0.495 e. The maximum atomic E-state index is 13.7. The van der Waals surface area contributed by atoms with Crippen LogP contribution < -0.4 is 15.9 Å². The quantitative estimate of drug-likeness (QED) is 0.479. The maximum absolute atomic E-state index is 13.7. The van der Waals surface area contributed by atoms with Gasteiger partial charge in [-0.1, -0.05) is 54.6 Å². The second-order valence-corrected chi connectivity index (χ2v) is 8.25. The van der Waals surface area contributed by atoms with E-state index in [0.717, 1.165) is 36.0 Å². The predicted octanol–water partition coefficient (Wildman–Crippen LogP) is 5.35. The Morgan fingerprint density at radius 2 is 1.75 bits per heavy atom. The molecular weight excluding hydrogens is 400 g/mol. The first-order valence-electron chi connectivity index (χ1n) is 10.6.